The Bertz CT molecular complexity index is 916. The molecular weight excluding hydrogens is 366 g/mol. The summed E-state index contributed by atoms with van der Waals surface area (Å²) in [6.07, 6.45) is 8.90. The third kappa shape index (κ3) is 3.22. The molecule has 0 unspecified atom stereocenters. The molecule has 1 amide bonds. The van der Waals surface area contributed by atoms with Crippen molar-refractivity contribution in [2.45, 2.75) is 61.9 Å². The van der Waals surface area contributed by atoms with Crippen LogP contribution < -0.4 is 10.9 Å². The Morgan fingerprint density at radius 3 is 2.96 bits per heavy atom. The molecule has 0 spiro atoms. The monoisotopic (exact) mass is 389 g/mol. The first-order valence-electron chi connectivity index (χ1n) is 9.29. The van der Waals surface area contributed by atoms with Gasteiger partial charge in [0, 0.05) is 18.0 Å². The first-order valence-corrected chi connectivity index (χ1v) is 11.0. The molecule has 0 radical (unpaired) electrons. The van der Waals surface area contributed by atoms with E-state index in [1.807, 2.05) is 0 Å². The number of amides is 1. The van der Waals surface area contributed by atoms with Gasteiger partial charge in [0.05, 0.1) is 10.6 Å². The molecule has 1 N–H and O–H groups in total. The van der Waals surface area contributed by atoms with Gasteiger partial charge in [-0.05, 0) is 44.1 Å². The lowest BCUT2D eigenvalue weighted by atomic mass is 9.97. The Morgan fingerprint density at radius 2 is 2.12 bits per heavy atom. The van der Waals surface area contributed by atoms with Crippen molar-refractivity contribution in [2.75, 3.05) is 6.54 Å². The fourth-order valence-corrected chi connectivity index (χ4v) is 6.22. The number of nitrogens with one attached hydrogen (secondary N) is 1. The maximum absolute atomic E-state index is 13.2. The van der Waals surface area contributed by atoms with E-state index in [1.54, 1.807) is 22.0 Å². The van der Waals surface area contributed by atoms with E-state index >= 15 is 0 Å². The number of nitrogens with zero attached hydrogens (tertiary/aromatic N) is 2. The number of carbonyl (C=O) groups excluding carboxylic acids is 1. The lowest BCUT2D eigenvalue weighted by Gasteiger charge is -2.16. The Labute approximate surface area is 160 Å². The number of fused-ring (bicyclic) bond motifs is 3. The molecule has 2 aromatic rings. The van der Waals surface area contributed by atoms with Crippen molar-refractivity contribution in [1.82, 2.24) is 14.9 Å². The summed E-state index contributed by atoms with van der Waals surface area (Å²) < 4.78 is 1.69. The molecular formula is C19H23N3O2S2. The summed E-state index contributed by atoms with van der Waals surface area (Å²) >= 11 is 3.08. The van der Waals surface area contributed by atoms with Crippen molar-refractivity contribution in [3.05, 3.63) is 33.4 Å². The van der Waals surface area contributed by atoms with Crippen molar-refractivity contribution in [1.29, 1.82) is 0 Å². The molecule has 3 heterocycles. The van der Waals surface area contributed by atoms with Gasteiger partial charge in [0.2, 0.25) is 5.91 Å². The van der Waals surface area contributed by atoms with E-state index in [1.165, 1.54) is 28.6 Å². The molecule has 2 aromatic heterocycles. The number of hydrogen-bond acceptors (Lipinski definition) is 5. The van der Waals surface area contributed by atoms with Gasteiger partial charge in [0.25, 0.3) is 5.56 Å². The van der Waals surface area contributed by atoms with Crippen LogP contribution in [0.4, 0.5) is 0 Å². The van der Waals surface area contributed by atoms with Crippen molar-refractivity contribution < 1.29 is 4.79 Å². The Balaban J connectivity index is 1.80. The Kier molecular flexibility index (Phi) is 5.18. The largest absolute Gasteiger partial charge is 0.355 e. The summed E-state index contributed by atoms with van der Waals surface area (Å²) in [6.45, 7) is 4.95. The molecule has 2 aliphatic rings. The van der Waals surface area contributed by atoms with E-state index in [-0.39, 0.29) is 16.7 Å². The first kappa shape index (κ1) is 17.8. The van der Waals surface area contributed by atoms with E-state index in [9.17, 15) is 9.59 Å². The maximum atomic E-state index is 13.2. The molecule has 138 valence electrons. The van der Waals surface area contributed by atoms with Crippen LogP contribution in [0.1, 0.15) is 42.5 Å². The van der Waals surface area contributed by atoms with Gasteiger partial charge < -0.3 is 5.32 Å². The number of carbonyl (C=O) groups is 1. The third-order valence-corrected chi connectivity index (χ3v) is 7.53. The molecule has 1 aliphatic heterocycles. The van der Waals surface area contributed by atoms with Gasteiger partial charge in [-0.1, -0.05) is 24.3 Å². The molecule has 26 heavy (non-hydrogen) atoms. The highest BCUT2D eigenvalue weighted by Crippen LogP contribution is 2.35. The van der Waals surface area contributed by atoms with Crippen LogP contribution in [0, 0.1) is 0 Å². The van der Waals surface area contributed by atoms with Gasteiger partial charge in [0.15, 0.2) is 5.16 Å². The molecule has 7 heteroatoms. The number of rotatable bonds is 4. The van der Waals surface area contributed by atoms with Crippen LogP contribution >= 0.6 is 23.1 Å². The number of aromatic nitrogens is 2. The second-order valence-corrected chi connectivity index (χ2v) is 9.14. The predicted octanol–water partition coefficient (Wildman–Crippen LogP) is 3.28. The fourth-order valence-electron chi connectivity index (χ4n) is 3.75. The lowest BCUT2D eigenvalue weighted by molar-refractivity contribution is -0.120. The van der Waals surface area contributed by atoms with Crippen molar-refractivity contribution in [3.8, 4) is 0 Å². The highest BCUT2D eigenvalue weighted by molar-refractivity contribution is 8.00. The summed E-state index contributed by atoms with van der Waals surface area (Å²) in [5.41, 5.74) is 1.22. The molecule has 1 saturated heterocycles. The molecule has 0 aromatic carbocycles. The average molecular weight is 390 g/mol. The van der Waals surface area contributed by atoms with E-state index < -0.39 is 0 Å². The van der Waals surface area contributed by atoms with Crippen LogP contribution in [0.5, 0.6) is 0 Å². The molecule has 1 atom stereocenters. The SMILES string of the molecule is C=CCn1c(S[C@@H]2CCCCNC2=O)nc2sc3c(c2c1=O)CCCC3. The van der Waals surface area contributed by atoms with Crippen molar-refractivity contribution in [2.24, 2.45) is 0 Å². The number of thiophene rings is 1. The Hall–Kier alpha value is -1.60. The number of aryl methyl sites for hydroxylation is 2. The van der Waals surface area contributed by atoms with E-state index in [0.29, 0.717) is 11.7 Å². The van der Waals surface area contributed by atoms with Gasteiger partial charge in [-0.25, -0.2) is 4.98 Å². The number of allylic oxidation sites excluding steroid dienone is 1. The summed E-state index contributed by atoms with van der Waals surface area (Å²) in [6, 6.07) is 0. The average Bonchev–Trinajstić information content (AvgIpc) is 2.89. The van der Waals surface area contributed by atoms with Gasteiger partial charge in [-0.15, -0.1) is 17.9 Å². The maximum Gasteiger partial charge on any atom is 0.263 e. The van der Waals surface area contributed by atoms with Crippen LogP contribution in [0.15, 0.2) is 22.6 Å². The van der Waals surface area contributed by atoms with Gasteiger partial charge in [-0.3, -0.25) is 14.2 Å². The minimum Gasteiger partial charge on any atom is -0.355 e. The van der Waals surface area contributed by atoms with E-state index in [2.05, 4.69) is 11.9 Å². The van der Waals surface area contributed by atoms with Gasteiger partial charge in [-0.2, -0.15) is 0 Å². The zero-order valence-electron chi connectivity index (χ0n) is 14.8. The van der Waals surface area contributed by atoms with Gasteiger partial charge in [0.1, 0.15) is 4.83 Å². The molecule has 0 saturated carbocycles. The van der Waals surface area contributed by atoms with Gasteiger partial charge >= 0.3 is 0 Å². The molecule has 0 bridgehead atoms. The number of thioether (sulfide) groups is 1. The summed E-state index contributed by atoms with van der Waals surface area (Å²) in [5.74, 6) is 0.0532. The molecule has 4 rings (SSSR count). The molecule has 5 nitrogen and oxygen atoms in total. The zero-order chi connectivity index (χ0) is 18.1. The predicted molar refractivity (Wildman–Crippen MR) is 107 cm³/mol. The fraction of sp³-hybridized carbons (Fsp3) is 0.526. The third-order valence-electron chi connectivity index (χ3n) is 5.08. The second kappa shape index (κ2) is 7.56. The van der Waals surface area contributed by atoms with Crippen LogP contribution in [-0.2, 0) is 24.2 Å². The minimum absolute atomic E-state index is 0.0193. The molecule has 1 fully saturated rings. The highest BCUT2D eigenvalue weighted by atomic mass is 32.2. The number of hydrogen-bond donors (Lipinski definition) is 1. The molecule has 1 aliphatic carbocycles. The quantitative estimate of drug-likeness (QED) is 0.644. The van der Waals surface area contributed by atoms with Crippen molar-refractivity contribution in [3.63, 3.8) is 0 Å². The lowest BCUT2D eigenvalue weighted by Crippen LogP contribution is -2.32. The Morgan fingerprint density at radius 1 is 1.27 bits per heavy atom. The standard InChI is InChI=1S/C19H23N3O2S2/c1-2-11-22-18(24)15-12-7-3-4-8-13(12)25-17(15)21-19(22)26-14-9-5-6-10-20-16(14)23/h2,14H,1,3-11H2,(H,20,23)/t14-/m1/s1. The van der Waals surface area contributed by atoms with Crippen LogP contribution in [0.2, 0.25) is 0 Å². The minimum atomic E-state index is -0.187. The topological polar surface area (TPSA) is 64.0 Å². The smallest absolute Gasteiger partial charge is 0.263 e. The zero-order valence-corrected chi connectivity index (χ0v) is 16.4. The first-order chi connectivity index (χ1) is 12.7. The van der Waals surface area contributed by atoms with Crippen LogP contribution in [0.3, 0.4) is 0 Å². The summed E-state index contributed by atoms with van der Waals surface area (Å²) in [5, 5.41) is 4.21. The van der Waals surface area contributed by atoms with E-state index in [4.69, 9.17) is 4.98 Å². The van der Waals surface area contributed by atoms with E-state index in [0.717, 1.165) is 55.3 Å². The van der Waals surface area contributed by atoms with Crippen LogP contribution in [-0.4, -0.2) is 27.3 Å². The highest BCUT2D eigenvalue weighted by Gasteiger charge is 2.26. The second-order valence-electron chi connectivity index (χ2n) is 6.88. The van der Waals surface area contributed by atoms with Crippen LogP contribution in [0.25, 0.3) is 10.2 Å². The summed E-state index contributed by atoms with van der Waals surface area (Å²) in [4.78, 5) is 32.5. The normalized spacial score (nSPS) is 20.5. The summed E-state index contributed by atoms with van der Waals surface area (Å²) in [7, 11) is 0. The van der Waals surface area contributed by atoms with Crippen molar-refractivity contribution >= 4 is 39.2 Å².